The summed E-state index contributed by atoms with van der Waals surface area (Å²) in [7, 11) is 0. The molecule has 0 aliphatic heterocycles. The van der Waals surface area contributed by atoms with Crippen LogP contribution in [-0.2, 0) is 0 Å². The standard InChI is InChI=1S/C12H17BrOS/c1-2-3-4-5-6-7-11(14)10-8-12(13)15-9-10/h8-9H,2-7H2,1H3. The molecule has 0 aromatic carbocycles. The summed E-state index contributed by atoms with van der Waals surface area (Å²) < 4.78 is 1.04. The predicted octanol–water partition coefficient (Wildman–Crippen LogP) is 5.05. The van der Waals surface area contributed by atoms with E-state index >= 15 is 0 Å². The third-order valence-electron chi connectivity index (χ3n) is 2.40. The molecule has 1 nitrogen and oxygen atoms in total. The second-order valence-electron chi connectivity index (χ2n) is 3.73. The Morgan fingerprint density at radius 2 is 2.07 bits per heavy atom. The minimum absolute atomic E-state index is 0.286. The van der Waals surface area contributed by atoms with E-state index in [2.05, 4.69) is 22.9 Å². The molecule has 0 aliphatic carbocycles. The van der Waals surface area contributed by atoms with Crippen molar-refractivity contribution in [2.75, 3.05) is 0 Å². The summed E-state index contributed by atoms with van der Waals surface area (Å²) in [6.07, 6.45) is 6.73. The molecule has 0 saturated carbocycles. The van der Waals surface area contributed by atoms with Crippen LogP contribution in [0.4, 0.5) is 0 Å². The number of hydrogen-bond donors (Lipinski definition) is 0. The van der Waals surface area contributed by atoms with Crippen LogP contribution in [0.15, 0.2) is 15.2 Å². The molecule has 0 aliphatic rings. The quantitative estimate of drug-likeness (QED) is 0.507. The van der Waals surface area contributed by atoms with Crippen LogP contribution in [0, 0.1) is 0 Å². The van der Waals surface area contributed by atoms with E-state index in [1.54, 1.807) is 11.3 Å². The van der Waals surface area contributed by atoms with Crippen LogP contribution in [0.5, 0.6) is 0 Å². The SMILES string of the molecule is CCCCCCCC(=O)c1csc(Br)c1. The Morgan fingerprint density at radius 3 is 2.67 bits per heavy atom. The predicted molar refractivity (Wildman–Crippen MR) is 69.7 cm³/mol. The molecule has 0 atom stereocenters. The first kappa shape index (κ1) is 12.9. The third-order valence-corrected chi connectivity index (χ3v) is 3.90. The zero-order chi connectivity index (χ0) is 11.1. The Hall–Kier alpha value is -0.150. The van der Waals surface area contributed by atoms with E-state index in [-0.39, 0.29) is 5.78 Å². The molecule has 84 valence electrons. The molecule has 0 N–H and O–H groups in total. The fourth-order valence-corrected chi connectivity index (χ4v) is 2.65. The summed E-state index contributed by atoms with van der Waals surface area (Å²) in [6.45, 7) is 2.20. The minimum Gasteiger partial charge on any atom is -0.294 e. The fraction of sp³-hybridized carbons (Fsp3) is 0.583. The molecule has 1 rings (SSSR count). The molecule has 0 spiro atoms. The number of ketones is 1. The molecular weight excluding hydrogens is 272 g/mol. The van der Waals surface area contributed by atoms with Gasteiger partial charge >= 0.3 is 0 Å². The van der Waals surface area contributed by atoms with Gasteiger partial charge in [0, 0.05) is 17.4 Å². The Morgan fingerprint density at radius 1 is 1.33 bits per heavy atom. The molecule has 0 radical (unpaired) electrons. The Bertz CT molecular complexity index is 306. The van der Waals surface area contributed by atoms with Gasteiger partial charge in [0.2, 0.25) is 0 Å². The van der Waals surface area contributed by atoms with Crippen molar-refractivity contribution in [3.8, 4) is 0 Å². The van der Waals surface area contributed by atoms with Gasteiger partial charge in [0.1, 0.15) is 0 Å². The summed E-state index contributed by atoms with van der Waals surface area (Å²) in [6, 6.07) is 1.92. The van der Waals surface area contributed by atoms with Gasteiger partial charge in [-0.25, -0.2) is 0 Å². The first-order chi connectivity index (χ1) is 7.24. The number of carbonyl (C=O) groups is 1. The molecule has 1 aromatic heterocycles. The molecule has 15 heavy (non-hydrogen) atoms. The molecular formula is C12H17BrOS. The van der Waals surface area contributed by atoms with Crippen LogP contribution >= 0.6 is 27.3 Å². The highest BCUT2D eigenvalue weighted by Gasteiger charge is 2.07. The average Bonchev–Trinajstić information content (AvgIpc) is 2.64. The van der Waals surface area contributed by atoms with Gasteiger partial charge in [-0.05, 0) is 28.4 Å². The second kappa shape index (κ2) is 7.18. The van der Waals surface area contributed by atoms with Crippen LogP contribution in [0.3, 0.4) is 0 Å². The lowest BCUT2D eigenvalue weighted by Gasteiger charge is -1.98. The molecule has 1 heterocycles. The Balaban J connectivity index is 2.19. The first-order valence-electron chi connectivity index (χ1n) is 5.51. The maximum absolute atomic E-state index is 11.7. The van der Waals surface area contributed by atoms with Crippen LogP contribution in [0.25, 0.3) is 0 Å². The molecule has 0 saturated heterocycles. The second-order valence-corrected chi connectivity index (χ2v) is 6.02. The largest absolute Gasteiger partial charge is 0.294 e. The fourth-order valence-electron chi connectivity index (χ4n) is 1.49. The highest BCUT2D eigenvalue weighted by molar-refractivity contribution is 9.11. The topological polar surface area (TPSA) is 17.1 Å². The minimum atomic E-state index is 0.286. The van der Waals surface area contributed by atoms with Crippen molar-refractivity contribution in [1.82, 2.24) is 0 Å². The van der Waals surface area contributed by atoms with Gasteiger partial charge in [-0.2, -0.15) is 0 Å². The number of carbonyl (C=O) groups excluding carboxylic acids is 1. The summed E-state index contributed by atoms with van der Waals surface area (Å²) in [5.41, 5.74) is 0.863. The van der Waals surface area contributed by atoms with Gasteiger partial charge in [-0.1, -0.05) is 32.6 Å². The van der Waals surface area contributed by atoms with Gasteiger partial charge < -0.3 is 0 Å². The highest BCUT2D eigenvalue weighted by Crippen LogP contribution is 2.22. The van der Waals surface area contributed by atoms with E-state index in [4.69, 9.17) is 0 Å². The van der Waals surface area contributed by atoms with Crippen LogP contribution in [0.1, 0.15) is 55.8 Å². The average molecular weight is 289 g/mol. The third kappa shape index (κ3) is 4.94. The van der Waals surface area contributed by atoms with Crippen molar-refractivity contribution < 1.29 is 4.79 Å². The normalized spacial score (nSPS) is 10.5. The Kier molecular flexibility index (Phi) is 6.18. The monoisotopic (exact) mass is 288 g/mol. The van der Waals surface area contributed by atoms with Crippen molar-refractivity contribution in [3.63, 3.8) is 0 Å². The first-order valence-corrected chi connectivity index (χ1v) is 7.18. The van der Waals surface area contributed by atoms with Crippen molar-refractivity contribution in [1.29, 1.82) is 0 Å². The number of unbranched alkanes of at least 4 members (excludes halogenated alkanes) is 4. The number of halogens is 1. The number of Topliss-reactive ketones (excluding diaryl/α,β-unsaturated/α-hetero) is 1. The van der Waals surface area contributed by atoms with Crippen LogP contribution in [0.2, 0.25) is 0 Å². The van der Waals surface area contributed by atoms with Gasteiger partial charge in [0.15, 0.2) is 5.78 Å². The molecule has 0 fully saturated rings. The van der Waals surface area contributed by atoms with Gasteiger partial charge in [-0.3, -0.25) is 4.79 Å². The zero-order valence-corrected chi connectivity index (χ0v) is 11.5. The summed E-state index contributed by atoms with van der Waals surface area (Å²) in [4.78, 5) is 11.7. The Labute approximate surface area is 104 Å². The van der Waals surface area contributed by atoms with Crippen molar-refractivity contribution in [2.45, 2.75) is 45.4 Å². The number of hydrogen-bond acceptors (Lipinski definition) is 2. The van der Waals surface area contributed by atoms with Gasteiger partial charge in [-0.15, -0.1) is 11.3 Å². The van der Waals surface area contributed by atoms with Gasteiger partial charge in [0.05, 0.1) is 3.79 Å². The van der Waals surface area contributed by atoms with Crippen LogP contribution < -0.4 is 0 Å². The summed E-state index contributed by atoms with van der Waals surface area (Å²) in [5, 5.41) is 1.93. The van der Waals surface area contributed by atoms with Crippen molar-refractivity contribution >= 4 is 33.0 Å². The van der Waals surface area contributed by atoms with E-state index in [0.717, 1.165) is 15.8 Å². The van der Waals surface area contributed by atoms with E-state index in [1.165, 1.54) is 25.7 Å². The number of thiophene rings is 1. The molecule has 3 heteroatoms. The lowest BCUT2D eigenvalue weighted by atomic mass is 10.1. The van der Waals surface area contributed by atoms with Crippen molar-refractivity contribution in [3.05, 3.63) is 20.8 Å². The number of rotatable bonds is 7. The summed E-state index contributed by atoms with van der Waals surface area (Å²) in [5.74, 6) is 0.286. The molecule has 1 aromatic rings. The molecule has 0 bridgehead atoms. The van der Waals surface area contributed by atoms with E-state index in [0.29, 0.717) is 6.42 Å². The molecule has 0 unspecified atom stereocenters. The van der Waals surface area contributed by atoms with E-state index < -0.39 is 0 Å². The smallest absolute Gasteiger partial charge is 0.163 e. The lowest BCUT2D eigenvalue weighted by molar-refractivity contribution is 0.0979. The zero-order valence-electron chi connectivity index (χ0n) is 9.09. The van der Waals surface area contributed by atoms with E-state index in [9.17, 15) is 4.79 Å². The van der Waals surface area contributed by atoms with Crippen LogP contribution in [-0.4, -0.2) is 5.78 Å². The highest BCUT2D eigenvalue weighted by atomic mass is 79.9. The molecule has 0 amide bonds. The van der Waals surface area contributed by atoms with Crippen molar-refractivity contribution in [2.24, 2.45) is 0 Å². The maximum Gasteiger partial charge on any atom is 0.163 e. The van der Waals surface area contributed by atoms with E-state index in [1.807, 2.05) is 11.4 Å². The lowest BCUT2D eigenvalue weighted by Crippen LogP contribution is -1.96. The van der Waals surface area contributed by atoms with Gasteiger partial charge in [0.25, 0.3) is 0 Å². The maximum atomic E-state index is 11.7. The summed E-state index contributed by atoms with van der Waals surface area (Å²) >= 11 is 4.95.